The number of anilines is 2. The fourth-order valence-electron chi connectivity index (χ4n) is 1.19. The van der Waals surface area contributed by atoms with E-state index in [1.165, 1.54) is 0 Å². The van der Waals surface area contributed by atoms with E-state index < -0.39 is 0 Å². The van der Waals surface area contributed by atoms with Crippen molar-refractivity contribution in [1.82, 2.24) is 9.97 Å². The molecule has 0 bridgehead atoms. The number of hydrogen-bond donors (Lipinski definition) is 1. The van der Waals surface area contributed by atoms with Crippen molar-refractivity contribution < 1.29 is 0 Å². The van der Waals surface area contributed by atoms with Crippen LogP contribution < -0.4 is 5.32 Å². The molecule has 1 aromatic heterocycles. The van der Waals surface area contributed by atoms with E-state index in [0.717, 1.165) is 14.6 Å². The quantitative estimate of drug-likeness (QED) is 0.895. The van der Waals surface area contributed by atoms with E-state index in [4.69, 9.17) is 5.26 Å². The molecule has 1 N–H and O–H groups in total. The Morgan fingerprint density at radius 3 is 2.82 bits per heavy atom. The average Bonchev–Trinajstić information content (AvgIpc) is 2.34. The Hall–Kier alpha value is -1.45. The van der Waals surface area contributed by atoms with Crippen LogP contribution in [0.3, 0.4) is 0 Å². The maximum Gasteiger partial charge on any atom is 0.228 e. The second-order valence-corrected chi connectivity index (χ2v) is 4.90. The molecule has 0 unspecified atom stereocenters. The van der Waals surface area contributed by atoms with Crippen molar-refractivity contribution in [3.63, 3.8) is 0 Å². The molecular formula is C11H6Br2N4. The minimum atomic E-state index is 0.327. The summed E-state index contributed by atoms with van der Waals surface area (Å²) in [4.78, 5) is 8.08. The first-order valence-electron chi connectivity index (χ1n) is 4.64. The number of nitriles is 1. The van der Waals surface area contributed by atoms with Gasteiger partial charge < -0.3 is 5.32 Å². The van der Waals surface area contributed by atoms with Gasteiger partial charge in [0.05, 0.1) is 5.69 Å². The highest BCUT2D eigenvalue weighted by Gasteiger charge is 2.03. The van der Waals surface area contributed by atoms with Gasteiger partial charge in [-0.15, -0.1) is 0 Å². The van der Waals surface area contributed by atoms with E-state index in [1.54, 1.807) is 12.3 Å². The van der Waals surface area contributed by atoms with Gasteiger partial charge in [-0.05, 0) is 40.2 Å². The van der Waals surface area contributed by atoms with Crippen LogP contribution in [0.25, 0.3) is 0 Å². The normalized spacial score (nSPS) is 9.71. The summed E-state index contributed by atoms with van der Waals surface area (Å²) in [5, 5.41) is 11.8. The zero-order valence-corrected chi connectivity index (χ0v) is 11.7. The van der Waals surface area contributed by atoms with Crippen LogP contribution in [0.4, 0.5) is 11.6 Å². The van der Waals surface area contributed by atoms with Gasteiger partial charge in [-0.25, -0.2) is 9.97 Å². The highest BCUT2D eigenvalue weighted by atomic mass is 79.9. The summed E-state index contributed by atoms with van der Waals surface area (Å²) in [5.74, 6) is 0.392. The second kappa shape index (κ2) is 5.25. The van der Waals surface area contributed by atoms with Crippen LogP contribution in [0.2, 0.25) is 0 Å². The zero-order chi connectivity index (χ0) is 12.3. The standard InChI is InChI=1S/C11H6Br2N4/c12-7-1-2-9(13)10(5-7)17-11-15-4-3-8(6-14)16-11/h1-5H,(H,15,16,17). The van der Waals surface area contributed by atoms with E-state index in [9.17, 15) is 0 Å². The summed E-state index contributed by atoms with van der Waals surface area (Å²) in [6.45, 7) is 0. The summed E-state index contributed by atoms with van der Waals surface area (Å²) in [6, 6.07) is 9.24. The molecule has 0 saturated carbocycles. The first-order chi connectivity index (χ1) is 8.19. The summed E-state index contributed by atoms with van der Waals surface area (Å²) in [7, 11) is 0. The zero-order valence-electron chi connectivity index (χ0n) is 8.48. The maximum atomic E-state index is 8.74. The maximum absolute atomic E-state index is 8.74. The second-order valence-electron chi connectivity index (χ2n) is 3.13. The van der Waals surface area contributed by atoms with Gasteiger partial charge in [-0.3, -0.25) is 0 Å². The van der Waals surface area contributed by atoms with Crippen molar-refractivity contribution in [3.8, 4) is 6.07 Å². The number of rotatable bonds is 2. The molecule has 4 nitrogen and oxygen atoms in total. The Morgan fingerprint density at radius 2 is 2.06 bits per heavy atom. The lowest BCUT2D eigenvalue weighted by molar-refractivity contribution is 1.14. The fraction of sp³-hybridized carbons (Fsp3) is 0. The monoisotopic (exact) mass is 352 g/mol. The molecule has 1 heterocycles. The van der Waals surface area contributed by atoms with Crippen LogP contribution in [0.5, 0.6) is 0 Å². The van der Waals surface area contributed by atoms with Crippen molar-refractivity contribution in [3.05, 3.63) is 45.1 Å². The number of benzene rings is 1. The summed E-state index contributed by atoms with van der Waals surface area (Å²) in [6.07, 6.45) is 1.54. The molecular weight excluding hydrogens is 348 g/mol. The van der Waals surface area contributed by atoms with Crippen LogP contribution in [0.15, 0.2) is 39.4 Å². The molecule has 2 rings (SSSR count). The summed E-state index contributed by atoms with van der Waals surface area (Å²) in [5.41, 5.74) is 1.16. The van der Waals surface area contributed by atoms with Crippen molar-refractivity contribution in [1.29, 1.82) is 5.26 Å². The third-order valence-corrected chi connectivity index (χ3v) is 3.13. The van der Waals surface area contributed by atoms with E-state index in [-0.39, 0.29) is 0 Å². The molecule has 0 aliphatic carbocycles. The number of halogens is 2. The molecule has 2 aromatic rings. The van der Waals surface area contributed by atoms with Crippen LogP contribution >= 0.6 is 31.9 Å². The van der Waals surface area contributed by atoms with Crippen molar-refractivity contribution >= 4 is 43.5 Å². The van der Waals surface area contributed by atoms with Crippen LogP contribution in [0.1, 0.15) is 5.69 Å². The Labute approximate surface area is 115 Å². The third-order valence-electron chi connectivity index (χ3n) is 1.95. The lowest BCUT2D eigenvalue weighted by Gasteiger charge is -2.07. The Morgan fingerprint density at radius 1 is 1.24 bits per heavy atom. The molecule has 0 atom stereocenters. The van der Waals surface area contributed by atoms with Gasteiger partial charge in [-0.1, -0.05) is 15.9 Å². The summed E-state index contributed by atoms with van der Waals surface area (Å²) < 4.78 is 1.84. The van der Waals surface area contributed by atoms with Crippen LogP contribution in [-0.2, 0) is 0 Å². The number of nitrogens with one attached hydrogen (secondary N) is 1. The minimum absolute atomic E-state index is 0.327. The third kappa shape index (κ3) is 3.02. The van der Waals surface area contributed by atoms with Crippen molar-refractivity contribution in [2.45, 2.75) is 0 Å². The Kier molecular flexibility index (Phi) is 3.71. The largest absolute Gasteiger partial charge is 0.323 e. The van der Waals surface area contributed by atoms with Gasteiger partial charge in [0.25, 0.3) is 0 Å². The van der Waals surface area contributed by atoms with Gasteiger partial charge >= 0.3 is 0 Å². The Balaban J connectivity index is 2.31. The lowest BCUT2D eigenvalue weighted by Crippen LogP contribution is -1.98. The Bertz CT molecular complexity index is 592. The summed E-state index contributed by atoms with van der Waals surface area (Å²) >= 11 is 6.80. The molecule has 0 saturated heterocycles. The van der Waals surface area contributed by atoms with Gasteiger partial charge in [0.15, 0.2) is 0 Å². The van der Waals surface area contributed by atoms with E-state index in [0.29, 0.717) is 11.6 Å². The van der Waals surface area contributed by atoms with E-state index >= 15 is 0 Å². The number of nitrogens with zero attached hydrogens (tertiary/aromatic N) is 3. The first kappa shape index (κ1) is 12.0. The molecule has 6 heteroatoms. The molecule has 0 amide bonds. The van der Waals surface area contributed by atoms with Crippen LogP contribution in [-0.4, -0.2) is 9.97 Å². The topological polar surface area (TPSA) is 61.6 Å². The highest BCUT2D eigenvalue weighted by molar-refractivity contribution is 9.11. The molecule has 0 spiro atoms. The van der Waals surface area contributed by atoms with E-state index in [2.05, 4.69) is 47.1 Å². The van der Waals surface area contributed by atoms with Gasteiger partial charge in [0, 0.05) is 15.1 Å². The predicted molar refractivity (Wildman–Crippen MR) is 71.9 cm³/mol. The molecule has 0 fully saturated rings. The molecule has 84 valence electrons. The van der Waals surface area contributed by atoms with E-state index in [1.807, 2.05) is 24.3 Å². The van der Waals surface area contributed by atoms with Gasteiger partial charge in [0.2, 0.25) is 5.95 Å². The predicted octanol–water partition coefficient (Wildman–Crippen LogP) is 3.62. The van der Waals surface area contributed by atoms with Crippen LogP contribution in [0, 0.1) is 11.3 Å². The number of hydrogen-bond acceptors (Lipinski definition) is 4. The molecule has 17 heavy (non-hydrogen) atoms. The molecule has 0 aliphatic heterocycles. The van der Waals surface area contributed by atoms with Crippen molar-refractivity contribution in [2.24, 2.45) is 0 Å². The average molecular weight is 354 g/mol. The van der Waals surface area contributed by atoms with Gasteiger partial charge in [0.1, 0.15) is 11.8 Å². The van der Waals surface area contributed by atoms with Gasteiger partial charge in [-0.2, -0.15) is 5.26 Å². The number of aromatic nitrogens is 2. The SMILES string of the molecule is N#Cc1ccnc(Nc2cc(Br)ccc2Br)n1. The highest BCUT2D eigenvalue weighted by Crippen LogP contribution is 2.27. The molecule has 1 aromatic carbocycles. The lowest BCUT2D eigenvalue weighted by atomic mass is 10.3. The minimum Gasteiger partial charge on any atom is -0.323 e. The smallest absolute Gasteiger partial charge is 0.228 e. The fourth-order valence-corrected chi connectivity index (χ4v) is 1.90. The van der Waals surface area contributed by atoms with Crippen molar-refractivity contribution in [2.75, 3.05) is 5.32 Å². The molecule has 0 aliphatic rings. The molecule has 0 radical (unpaired) electrons. The first-order valence-corrected chi connectivity index (χ1v) is 6.23.